The topological polar surface area (TPSA) is 59.1 Å². The van der Waals surface area contributed by atoms with Crippen molar-refractivity contribution in [2.75, 3.05) is 13.1 Å². The van der Waals surface area contributed by atoms with Gasteiger partial charge in [0.05, 0.1) is 43.5 Å². The molecule has 0 N–H and O–H groups in total. The maximum Gasteiger partial charge on any atom is 0.505 e. The summed E-state index contributed by atoms with van der Waals surface area (Å²) in [6, 6.07) is 34.6. The third-order valence-electron chi connectivity index (χ3n) is 15.6. The van der Waals surface area contributed by atoms with E-state index in [9.17, 15) is 0 Å². The van der Waals surface area contributed by atoms with Gasteiger partial charge in [-0.1, -0.05) is 104 Å². The van der Waals surface area contributed by atoms with Crippen LogP contribution >= 0.6 is 90.7 Å². The Kier molecular flexibility index (Phi) is 18.6. The van der Waals surface area contributed by atoms with Crippen molar-refractivity contribution in [3.8, 4) is 48.8 Å². The summed E-state index contributed by atoms with van der Waals surface area (Å²) in [7, 11) is -0.247. The molecule has 2 atom stereocenters. The van der Waals surface area contributed by atoms with E-state index in [1.165, 1.54) is 64.7 Å². The number of carbonyl (C=O) groups is 2. The molecule has 3 aliphatic heterocycles. The van der Waals surface area contributed by atoms with Crippen molar-refractivity contribution in [3.05, 3.63) is 134 Å². The number of amides is 2. The zero-order valence-corrected chi connectivity index (χ0v) is 53.8. The lowest BCUT2D eigenvalue weighted by atomic mass is 9.88. The second kappa shape index (κ2) is 25.2. The average Bonchev–Trinajstić information content (AvgIpc) is 3.26. The molecular weight excluding hydrogens is 1130 g/mol. The van der Waals surface area contributed by atoms with Crippen LogP contribution in [0.15, 0.2) is 124 Å². The first kappa shape index (κ1) is 58.2. The molecular formula is C64H73BN2O4S8. The number of hydrogen-bond donors (Lipinski definition) is 0. The Labute approximate surface area is 501 Å². The fourth-order valence-electron chi connectivity index (χ4n) is 10.3. The molecule has 11 rings (SSSR count). The van der Waals surface area contributed by atoms with E-state index in [0.717, 1.165) is 61.4 Å². The Hall–Kier alpha value is -4.00. The lowest BCUT2D eigenvalue weighted by Crippen LogP contribution is -2.41. The molecule has 0 saturated carbocycles. The summed E-state index contributed by atoms with van der Waals surface area (Å²) in [5.41, 5.74) is 2.26. The van der Waals surface area contributed by atoms with Crippen LogP contribution in [0.3, 0.4) is 0 Å². The van der Waals surface area contributed by atoms with Gasteiger partial charge in [-0.2, -0.15) is 0 Å². The molecule has 8 aromatic heterocycles. The van der Waals surface area contributed by atoms with Gasteiger partial charge >= 0.3 is 7.12 Å². The number of fused-ring (bicyclic) bond motifs is 1. The van der Waals surface area contributed by atoms with E-state index in [1.807, 2.05) is 9.80 Å². The van der Waals surface area contributed by atoms with Crippen LogP contribution in [0.25, 0.3) is 60.2 Å². The largest absolute Gasteiger partial charge is 0.505 e. The zero-order chi connectivity index (χ0) is 55.6. The predicted molar refractivity (Wildman–Crippen MR) is 347 cm³/mol. The van der Waals surface area contributed by atoms with E-state index in [-0.39, 0.29) is 30.1 Å². The van der Waals surface area contributed by atoms with Gasteiger partial charge in [-0.15, -0.1) is 90.7 Å². The Morgan fingerprint density at radius 2 is 0.747 bits per heavy atom. The Morgan fingerprint density at radius 1 is 0.418 bits per heavy atom. The molecule has 8 aromatic rings. The zero-order valence-electron chi connectivity index (χ0n) is 47.2. The third kappa shape index (κ3) is 13.1. The highest BCUT2D eigenvalue weighted by Crippen LogP contribution is 2.52. The minimum absolute atomic E-state index is 0.0256. The van der Waals surface area contributed by atoms with Crippen LogP contribution in [0.5, 0.6) is 0 Å². The van der Waals surface area contributed by atoms with Crippen LogP contribution in [0, 0.1) is 23.7 Å². The first-order valence-electron chi connectivity index (χ1n) is 28.0. The van der Waals surface area contributed by atoms with Gasteiger partial charge in [-0.05, 0) is 153 Å². The summed E-state index contributed by atoms with van der Waals surface area (Å²) < 4.78 is 13.3. The number of nitrogens with zero attached hydrogens (tertiary/aromatic N) is 2. The molecule has 0 unspecified atom stereocenters. The summed E-state index contributed by atoms with van der Waals surface area (Å²) in [6.07, 6.45) is 8.92. The number of carbonyl (C=O) groups excluding carboxylic acids is 2. The van der Waals surface area contributed by atoms with Gasteiger partial charge in [-0.25, -0.2) is 0 Å². The van der Waals surface area contributed by atoms with Crippen LogP contribution in [0.1, 0.15) is 130 Å². The highest BCUT2D eigenvalue weighted by molar-refractivity contribution is 7.28. The molecule has 0 aromatic carbocycles. The SMILES string of the molecule is CC(C)CCC[C@H](C)CCN1C(=O)C2=C(c3ccc(-c4ccc(-c5cccs5)s4)s3)N(CC[C@@H](C)CCCC(C)C)C(=O)C2=C1c1ccc(-c2ccc(-c3cccs3)s2)s1.CC1(C)OB(c2ccc(-c3cccs3)s2)OC1(C)C. The van der Waals surface area contributed by atoms with E-state index >= 15 is 9.59 Å². The monoisotopic (exact) mass is 1200 g/mol. The van der Waals surface area contributed by atoms with Gasteiger partial charge in [-0.3, -0.25) is 9.59 Å². The maximum absolute atomic E-state index is 15.2. The molecule has 6 nitrogen and oxygen atoms in total. The summed E-state index contributed by atoms with van der Waals surface area (Å²) in [5.74, 6) is 2.28. The van der Waals surface area contributed by atoms with E-state index in [1.54, 1.807) is 90.7 Å². The number of hydrogen-bond acceptors (Lipinski definition) is 12. The Balaban J connectivity index is 0.000000310. The average molecular weight is 1200 g/mol. The number of rotatable bonds is 22. The lowest BCUT2D eigenvalue weighted by molar-refractivity contribution is -0.124. The minimum atomic E-state index is -0.273. The highest BCUT2D eigenvalue weighted by atomic mass is 32.1. The van der Waals surface area contributed by atoms with Crippen LogP contribution in [-0.2, 0) is 18.9 Å². The first-order chi connectivity index (χ1) is 37.9. The molecule has 79 heavy (non-hydrogen) atoms. The van der Waals surface area contributed by atoms with Crippen LogP contribution in [0.4, 0.5) is 0 Å². The Bertz CT molecular complexity index is 3190. The van der Waals surface area contributed by atoms with Gasteiger partial charge in [0.25, 0.3) is 11.8 Å². The molecule has 0 radical (unpaired) electrons. The van der Waals surface area contributed by atoms with Crippen molar-refractivity contribution in [1.82, 2.24) is 9.80 Å². The first-order valence-corrected chi connectivity index (χ1v) is 34.8. The molecule has 414 valence electrons. The Morgan fingerprint density at radius 3 is 1.10 bits per heavy atom. The normalized spacial score (nSPS) is 16.8. The molecule has 1 fully saturated rings. The van der Waals surface area contributed by atoms with Crippen molar-refractivity contribution in [1.29, 1.82) is 0 Å². The van der Waals surface area contributed by atoms with Crippen LogP contribution in [-0.4, -0.2) is 53.0 Å². The molecule has 0 aliphatic carbocycles. The highest BCUT2D eigenvalue weighted by Gasteiger charge is 2.52. The van der Waals surface area contributed by atoms with Gasteiger partial charge < -0.3 is 19.1 Å². The minimum Gasteiger partial charge on any atom is -0.399 e. The van der Waals surface area contributed by atoms with Gasteiger partial charge in [0, 0.05) is 66.6 Å². The molecule has 15 heteroatoms. The third-order valence-corrected chi connectivity index (χ3v) is 24.7. The van der Waals surface area contributed by atoms with Gasteiger partial charge in [0.2, 0.25) is 0 Å². The summed E-state index contributed by atoms with van der Waals surface area (Å²) in [4.78, 5) is 48.7. The fraction of sp³-hybridized carbons (Fsp3) is 0.406. The standard InChI is InChI=1S/C50H56N2O2S6.C14H17BO2S2/c1-31(2)11-7-13-33(5)25-27-51-47(43-23-21-41(59-43)39-19-17-37(57-39)35-15-9-29-55-35)45-46(49(51)53)48(52(50(45)54)28-26-34(6)14-8-12-32(3)4)44-24-22-42(60-44)40-20-18-38(58-40)36-16-10-30-56-36;1-13(2)14(3,4)17-15(16-13)12-8-7-11(19-12)10-6-5-9-18-10/h9-10,15-24,29-34H,7-8,11-14,25-28H2,1-6H3;5-9H,1-4H3/t33-,34-;/m0./s1. The smallest absolute Gasteiger partial charge is 0.399 e. The van der Waals surface area contributed by atoms with Crippen LogP contribution < -0.4 is 4.78 Å². The summed E-state index contributed by atoms with van der Waals surface area (Å²) >= 11 is 14.0. The van der Waals surface area contributed by atoms with Crippen molar-refractivity contribution < 1.29 is 18.9 Å². The van der Waals surface area contributed by atoms with Gasteiger partial charge in [0.1, 0.15) is 0 Å². The molecule has 11 heterocycles. The molecule has 1 saturated heterocycles. The van der Waals surface area contributed by atoms with Crippen molar-refractivity contribution >= 4 is 126 Å². The van der Waals surface area contributed by atoms with Crippen molar-refractivity contribution in [3.63, 3.8) is 0 Å². The molecule has 3 aliphatic rings. The lowest BCUT2D eigenvalue weighted by Gasteiger charge is -2.32. The maximum atomic E-state index is 15.2. The van der Waals surface area contributed by atoms with Crippen molar-refractivity contribution in [2.24, 2.45) is 23.7 Å². The van der Waals surface area contributed by atoms with E-state index in [2.05, 4.69) is 182 Å². The molecule has 0 bridgehead atoms. The van der Waals surface area contributed by atoms with E-state index < -0.39 is 0 Å². The predicted octanol–water partition coefficient (Wildman–Crippen LogP) is 20.0. The second-order valence-corrected chi connectivity index (χ2v) is 31.5. The van der Waals surface area contributed by atoms with Crippen LogP contribution in [0.2, 0.25) is 0 Å². The summed E-state index contributed by atoms with van der Waals surface area (Å²) in [6.45, 7) is 23.3. The van der Waals surface area contributed by atoms with E-state index in [0.29, 0.717) is 47.9 Å². The molecule has 0 spiro atoms. The quantitative estimate of drug-likeness (QED) is 0.0635. The van der Waals surface area contributed by atoms with Gasteiger partial charge in [0.15, 0.2) is 0 Å². The summed E-state index contributed by atoms with van der Waals surface area (Å²) in [5, 5.41) is 6.35. The molecule has 2 amide bonds. The number of thiophene rings is 8. The fourth-order valence-corrected chi connectivity index (χ4v) is 18.1. The van der Waals surface area contributed by atoms with Crippen molar-refractivity contribution in [2.45, 2.75) is 132 Å². The van der Waals surface area contributed by atoms with E-state index in [4.69, 9.17) is 9.31 Å². The second-order valence-electron chi connectivity index (χ2n) is 23.2.